The molecule has 1 aliphatic carbocycles. The van der Waals surface area contributed by atoms with Crippen LogP contribution in [-0.4, -0.2) is 36.7 Å². The van der Waals surface area contributed by atoms with E-state index >= 15 is 0 Å². The first kappa shape index (κ1) is 20.1. The molecule has 0 saturated carbocycles. The summed E-state index contributed by atoms with van der Waals surface area (Å²) >= 11 is 8.43. The van der Waals surface area contributed by atoms with E-state index in [2.05, 4.69) is 16.4 Å². The molecule has 0 spiro atoms. The maximum Gasteiger partial charge on any atom is 0.252 e. The van der Waals surface area contributed by atoms with E-state index in [1.165, 1.54) is 27.3 Å². The highest BCUT2D eigenvalue weighted by atomic mass is 35.5. The predicted octanol–water partition coefficient (Wildman–Crippen LogP) is 4.47. The lowest BCUT2D eigenvalue weighted by atomic mass is 9.99. The lowest BCUT2D eigenvalue weighted by Crippen LogP contribution is -2.43. The van der Waals surface area contributed by atoms with Gasteiger partial charge in [0.2, 0.25) is 5.91 Å². The van der Waals surface area contributed by atoms with Crippen molar-refractivity contribution in [1.82, 2.24) is 9.29 Å². The fourth-order valence-corrected chi connectivity index (χ4v) is 8.12. The first-order valence-corrected chi connectivity index (χ1v) is 13.0. The summed E-state index contributed by atoms with van der Waals surface area (Å²) in [6.45, 7) is 0.571. The molecule has 1 amide bonds. The van der Waals surface area contributed by atoms with E-state index < -0.39 is 15.9 Å². The fraction of sp³-hybridized carbons (Fsp3) is 0.300. The lowest BCUT2D eigenvalue weighted by Gasteiger charge is -2.30. The molecule has 3 aromatic rings. The van der Waals surface area contributed by atoms with Crippen LogP contribution >= 0.6 is 34.3 Å². The smallest absolute Gasteiger partial charge is 0.252 e. The van der Waals surface area contributed by atoms with Gasteiger partial charge in [-0.3, -0.25) is 4.79 Å². The summed E-state index contributed by atoms with van der Waals surface area (Å²) in [4.78, 5) is 18.6. The van der Waals surface area contributed by atoms with Crippen LogP contribution in [0.3, 0.4) is 0 Å². The van der Waals surface area contributed by atoms with E-state index in [9.17, 15) is 13.2 Å². The Kier molecular flexibility index (Phi) is 5.19. The molecule has 2 aliphatic rings. The predicted molar refractivity (Wildman–Crippen MR) is 120 cm³/mol. The molecular weight excluding hydrogens is 462 g/mol. The Morgan fingerprint density at radius 1 is 1.20 bits per heavy atom. The molecule has 3 heterocycles. The van der Waals surface area contributed by atoms with Crippen LogP contribution in [-0.2, 0) is 21.2 Å². The Labute approximate surface area is 187 Å². The first-order valence-electron chi connectivity index (χ1n) is 9.56. The van der Waals surface area contributed by atoms with Crippen molar-refractivity contribution in [3.63, 3.8) is 0 Å². The summed E-state index contributed by atoms with van der Waals surface area (Å²) in [5.41, 5.74) is 3.31. The molecule has 10 heteroatoms. The summed E-state index contributed by atoms with van der Waals surface area (Å²) in [7, 11) is -3.64. The van der Waals surface area contributed by atoms with Crippen molar-refractivity contribution < 1.29 is 13.2 Å². The number of benzene rings is 1. The molecule has 0 bridgehead atoms. The van der Waals surface area contributed by atoms with Crippen LogP contribution in [0.2, 0.25) is 4.34 Å². The molecule has 1 saturated heterocycles. The minimum atomic E-state index is -3.64. The van der Waals surface area contributed by atoms with Gasteiger partial charge in [-0.2, -0.15) is 4.31 Å². The van der Waals surface area contributed by atoms with Gasteiger partial charge in [-0.05, 0) is 30.5 Å². The number of nitrogens with zero attached hydrogens (tertiary/aromatic N) is 2. The summed E-state index contributed by atoms with van der Waals surface area (Å²) in [5.74, 6) is -0.588. The molecular formula is C20H18ClN3O3S3. The van der Waals surface area contributed by atoms with E-state index in [4.69, 9.17) is 11.6 Å². The van der Waals surface area contributed by atoms with Gasteiger partial charge in [-0.25, -0.2) is 13.4 Å². The topological polar surface area (TPSA) is 79.4 Å². The van der Waals surface area contributed by atoms with Crippen molar-refractivity contribution in [2.75, 3.05) is 18.4 Å². The number of anilines is 1. The molecule has 2 aromatic heterocycles. The van der Waals surface area contributed by atoms with E-state index in [0.717, 1.165) is 33.9 Å². The summed E-state index contributed by atoms with van der Waals surface area (Å²) in [5, 5.41) is 3.49. The quantitative estimate of drug-likeness (QED) is 0.468. The summed E-state index contributed by atoms with van der Waals surface area (Å²) < 4.78 is 27.8. The number of thiazole rings is 1. The van der Waals surface area contributed by atoms with Crippen LogP contribution in [0.25, 0.3) is 11.3 Å². The largest absolute Gasteiger partial charge is 0.302 e. The molecule has 1 aromatic carbocycles. The van der Waals surface area contributed by atoms with Crippen molar-refractivity contribution in [2.45, 2.75) is 23.5 Å². The van der Waals surface area contributed by atoms with E-state index in [1.54, 1.807) is 6.07 Å². The summed E-state index contributed by atoms with van der Waals surface area (Å²) in [6.07, 6.45) is 2.12. The molecule has 30 heavy (non-hydrogen) atoms. The number of amides is 1. The number of nitrogens with one attached hydrogen (secondary N) is 1. The highest BCUT2D eigenvalue weighted by Gasteiger charge is 2.34. The third kappa shape index (κ3) is 3.58. The number of carbonyl (C=O) groups is 1. The highest BCUT2D eigenvalue weighted by molar-refractivity contribution is 7.91. The number of hydrogen-bond donors (Lipinski definition) is 1. The van der Waals surface area contributed by atoms with Crippen molar-refractivity contribution in [1.29, 1.82) is 0 Å². The van der Waals surface area contributed by atoms with Crippen LogP contribution in [0, 0.1) is 5.92 Å². The number of carbonyl (C=O) groups excluding carboxylic acids is 1. The van der Waals surface area contributed by atoms with Crippen molar-refractivity contribution in [3.8, 4) is 11.3 Å². The van der Waals surface area contributed by atoms with Gasteiger partial charge in [-0.15, -0.1) is 22.7 Å². The van der Waals surface area contributed by atoms with Gasteiger partial charge in [0, 0.05) is 30.0 Å². The van der Waals surface area contributed by atoms with Gasteiger partial charge in [0.05, 0.1) is 15.9 Å². The fourth-order valence-electron chi connectivity index (χ4n) is 3.96. The molecule has 1 aliphatic heterocycles. The van der Waals surface area contributed by atoms with Crippen LogP contribution in [0.4, 0.5) is 5.13 Å². The molecule has 5 rings (SSSR count). The van der Waals surface area contributed by atoms with Crippen LogP contribution in [0.1, 0.15) is 23.3 Å². The Hall–Kier alpha value is -1.78. The zero-order chi connectivity index (χ0) is 20.9. The monoisotopic (exact) mass is 479 g/mol. The third-order valence-electron chi connectivity index (χ3n) is 5.45. The number of rotatable bonds is 4. The van der Waals surface area contributed by atoms with Crippen molar-refractivity contribution >= 4 is 55.3 Å². The first-order chi connectivity index (χ1) is 14.4. The molecule has 1 unspecified atom stereocenters. The average molecular weight is 480 g/mol. The van der Waals surface area contributed by atoms with Crippen LogP contribution in [0.15, 0.2) is 40.6 Å². The molecule has 1 fully saturated rings. The summed E-state index contributed by atoms with van der Waals surface area (Å²) in [6, 6.07) is 11.2. The number of thiophene rings is 1. The van der Waals surface area contributed by atoms with E-state index in [0.29, 0.717) is 28.9 Å². The zero-order valence-electron chi connectivity index (χ0n) is 15.8. The number of halogens is 1. The zero-order valence-corrected chi connectivity index (χ0v) is 19.0. The second-order valence-corrected chi connectivity index (χ2v) is 12.3. The van der Waals surface area contributed by atoms with Gasteiger partial charge < -0.3 is 5.32 Å². The van der Waals surface area contributed by atoms with Crippen molar-refractivity contribution in [3.05, 3.63) is 51.2 Å². The number of aromatic nitrogens is 1. The Bertz CT molecular complexity index is 1230. The molecule has 0 radical (unpaired) electrons. The molecule has 156 valence electrons. The van der Waals surface area contributed by atoms with Crippen molar-refractivity contribution in [2.24, 2.45) is 5.92 Å². The number of fused-ring (bicyclic) bond motifs is 3. The Balaban J connectivity index is 1.30. The van der Waals surface area contributed by atoms with Gasteiger partial charge in [0.25, 0.3) is 10.0 Å². The molecule has 1 N–H and O–H groups in total. The van der Waals surface area contributed by atoms with E-state index in [-0.39, 0.29) is 16.7 Å². The molecule has 6 nitrogen and oxygen atoms in total. The standard InChI is InChI=1S/C20H18ClN3O3S3/c21-16-7-8-17(29-16)30(26,27)24-9-3-5-13(11-24)19(25)23-20-22-18-14-6-2-1-4-12(14)10-15(18)28-20/h1-2,4,6-8,13H,3,5,9-11H2,(H,22,23,25). The third-order valence-corrected chi connectivity index (χ3v) is 9.98. The second kappa shape index (κ2) is 7.72. The Morgan fingerprint density at radius 3 is 2.83 bits per heavy atom. The highest BCUT2D eigenvalue weighted by Crippen LogP contribution is 2.41. The maximum atomic E-state index is 12.9. The average Bonchev–Trinajstić information content (AvgIpc) is 3.42. The van der Waals surface area contributed by atoms with Crippen LogP contribution < -0.4 is 5.32 Å². The van der Waals surface area contributed by atoms with E-state index in [1.807, 2.05) is 18.2 Å². The SMILES string of the molecule is O=C(Nc1nc2c(s1)Cc1ccccc1-2)C1CCCN(S(=O)(=O)c2ccc(Cl)s2)C1. The molecule has 1 atom stereocenters. The number of sulfonamides is 1. The van der Waals surface area contributed by atoms with Gasteiger partial charge in [0.15, 0.2) is 5.13 Å². The number of piperidine rings is 1. The second-order valence-electron chi connectivity index (χ2n) is 7.37. The number of hydrogen-bond acceptors (Lipinski definition) is 6. The lowest BCUT2D eigenvalue weighted by molar-refractivity contribution is -0.120. The minimum Gasteiger partial charge on any atom is -0.302 e. The van der Waals surface area contributed by atoms with Gasteiger partial charge >= 0.3 is 0 Å². The maximum absolute atomic E-state index is 12.9. The van der Waals surface area contributed by atoms with Gasteiger partial charge in [-0.1, -0.05) is 35.9 Å². The Morgan fingerprint density at radius 2 is 2.03 bits per heavy atom. The normalized spacial score (nSPS) is 18.8. The van der Waals surface area contributed by atoms with Gasteiger partial charge in [0.1, 0.15) is 4.21 Å². The minimum absolute atomic E-state index is 0.164. The van der Waals surface area contributed by atoms with Crippen LogP contribution in [0.5, 0.6) is 0 Å².